The van der Waals surface area contributed by atoms with E-state index in [-0.39, 0.29) is 0 Å². The summed E-state index contributed by atoms with van der Waals surface area (Å²) in [5.74, 6) is 2.76. The first-order valence-electron chi connectivity index (χ1n) is 8.80. The molecule has 6 nitrogen and oxygen atoms in total. The minimum Gasteiger partial charge on any atom is -0.465 e. The van der Waals surface area contributed by atoms with E-state index in [9.17, 15) is 9.90 Å². The Kier molecular flexibility index (Phi) is 5.13. The van der Waals surface area contributed by atoms with E-state index in [1.807, 2.05) is 17.6 Å². The maximum absolute atomic E-state index is 11.6. The molecule has 1 amide bonds. The molecule has 1 saturated heterocycles. The van der Waals surface area contributed by atoms with Gasteiger partial charge in [0.25, 0.3) is 0 Å². The van der Waals surface area contributed by atoms with Gasteiger partial charge >= 0.3 is 6.09 Å². The number of nitrogens with zero attached hydrogens (tertiary/aromatic N) is 4. The second-order valence-electron chi connectivity index (χ2n) is 7.24. The highest BCUT2D eigenvalue weighted by molar-refractivity contribution is 9.10. The molecule has 2 aromatic rings. The first-order valence-corrected chi connectivity index (χ1v) is 10.5. The van der Waals surface area contributed by atoms with Crippen LogP contribution in [0.25, 0.3) is 0 Å². The topological polar surface area (TPSA) is 69.6 Å². The van der Waals surface area contributed by atoms with E-state index in [1.165, 1.54) is 16.2 Å². The number of rotatable bonds is 5. The van der Waals surface area contributed by atoms with Crippen LogP contribution in [-0.2, 0) is 6.54 Å². The highest BCUT2D eigenvalue weighted by Crippen LogP contribution is 2.43. The minimum atomic E-state index is -0.851. The van der Waals surface area contributed by atoms with Gasteiger partial charge in [-0.1, -0.05) is 0 Å². The van der Waals surface area contributed by atoms with E-state index in [2.05, 4.69) is 36.9 Å². The molecule has 2 aliphatic rings. The molecule has 2 fully saturated rings. The van der Waals surface area contributed by atoms with E-state index in [0.29, 0.717) is 30.8 Å². The van der Waals surface area contributed by atoms with Crippen LogP contribution in [0.4, 0.5) is 10.6 Å². The molecule has 1 aliphatic heterocycles. The molecule has 3 heterocycles. The lowest BCUT2D eigenvalue weighted by Crippen LogP contribution is -2.34. The first-order chi connectivity index (χ1) is 12.6. The van der Waals surface area contributed by atoms with Crippen LogP contribution < -0.4 is 4.90 Å². The average molecular weight is 437 g/mol. The Morgan fingerprint density at radius 2 is 2.08 bits per heavy atom. The first kappa shape index (κ1) is 17.7. The van der Waals surface area contributed by atoms with Crippen LogP contribution in [0.2, 0.25) is 0 Å². The van der Waals surface area contributed by atoms with Crippen molar-refractivity contribution in [1.29, 1.82) is 0 Å². The van der Waals surface area contributed by atoms with Crippen LogP contribution in [0.5, 0.6) is 0 Å². The van der Waals surface area contributed by atoms with Gasteiger partial charge in [0.1, 0.15) is 5.82 Å². The second kappa shape index (κ2) is 7.52. The quantitative estimate of drug-likeness (QED) is 0.768. The number of aromatic nitrogens is 2. The largest absolute Gasteiger partial charge is 0.465 e. The van der Waals surface area contributed by atoms with E-state index in [0.717, 1.165) is 41.9 Å². The predicted octanol–water partition coefficient (Wildman–Crippen LogP) is 3.94. The summed E-state index contributed by atoms with van der Waals surface area (Å²) in [6.45, 7) is 3.04. The fourth-order valence-electron chi connectivity index (χ4n) is 4.35. The maximum atomic E-state index is 11.6. The van der Waals surface area contributed by atoms with Gasteiger partial charge in [-0.3, -0.25) is 0 Å². The monoisotopic (exact) mass is 436 g/mol. The standard InChI is InChI=1S/C18H21BrN4O2S/c19-15-1-2-17(20-5-15)22-7-13-3-12(4-14(13)8-22)6-23(18(24)25)9-16-10-26-11-21-16/h1-2,5,10-14H,3-4,6-9H2,(H,24,25)/t12-,13-,14+. The van der Waals surface area contributed by atoms with Crippen LogP contribution in [0.15, 0.2) is 33.7 Å². The summed E-state index contributed by atoms with van der Waals surface area (Å²) in [6.07, 6.45) is 3.18. The number of thiazole rings is 1. The predicted molar refractivity (Wildman–Crippen MR) is 104 cm³/mol. The smallest absolute Gasteiger partial charge is 0.407 e. The van der Waals surface area contributed by atoms with Crippen molar-refractivity contribution in [3.8, 4) is 0 Å². The van der Waals surface area contributed by atoms with Gasteiger partial charge in [0.15, 0.2) is 0 Å². The van der Waals surface area contributed by atoms with Gasteiger partial charge < -0.3 is 14.9 Å². The average Bonchev–Trinajstić information content (AvgIpc) is 3.31. The van der Waals surface area contributed by atoms with Crippen molar-refractivity contribution >= 4 is 39.2 Å². The van der Waals surface area contributed by atoms with E-state index >= 15 is 0 Å². The molecule has 3 atom stereocenters. The van der Waals surface area contributed by atoms with Crippen LogP contribution in [0.1, 0.15) is 18.5 Å². The molecule has 2 aromatic heterocycles. The summed E-state index contributed by atoms with van der Waals surface area (Å²) in [6, 6.07) is 4.09. The van der Waals surface area contributed by atoms with Crippen LogP contribution in [-0.4, -0.2) is 45.7 Å². The summed E-state index contributed by atoms with van der Waals surface area (Å²) in [5.41, 5.74) is 2.59. The highest BCUT2D eigenvalue weighted by Gasteiger charge is 2.41. The van der Waals surface area contributed by atoms with E-state index in [4.69, 9.17) is 0 Å². The summed E-state index contributed by atoms with van der Waals surface area (Å²) in [4.78, 5) is 24.2. The number of pyridine rings is 1. The number of hydrogen-bond donors (Lipinski definition) is 1. The van der Waals surface area contributed by atoms with Crippen molar-refractivity contribution in [1.82, 2.24) is 14.9 Å². The Bertz CT molecular complexity index is 741. The zero-order valence-corrected chi connectivity index (χ0v) is 16.7. The number of amides is 1. The van der Waals surface area contributed by atoms with Gasteiger partial charge in [-0.25, -0.2) is 14.8 Å². The van der Waals surface area contributed by atoms with Crippen molar-refractivity contribution in [3.63, 3.8) is 0 Å². The summed E-state index contributed by atoms with van der Waals surface area (Å²) in [7, 11) is 0. The number of anilines is 1. The highest BCUT2D eigenvalue weighted by atomic mass is 79.9. The Morgan fingerprint density at radius 3 is 2.65 bits per heavy atom. The Labute approximate surface area is 165 Å². The fourth-order valence-corrected chi connectivity index (χ4v) is 5.13. The summed E-state index contributed by atoms with van der Waals surface area (Å²) < 4.78 is 0.995. The Morgan fingerprint density at radius 1 is 1.31 bits per heavy atom. The van der Waals surface area contributed by atoms with E-state index < -0.39 is 6.09 Å². The lowest BCUT2D eigenvalue weighted by atomic mass is 10.0. The third-order valence-corrected chi connectivity index (χ3v) is 6.57. The SMILES string of the molecule is O=C(O)N(Cc1cscn1)C[C@@H]1C[C@@H]2CN(c3ccc(Br)cn3)C[C@@H]2C1. The minimum absolute atomic E-state index is 0.388. The molecule has 0 bridgehead atoms. The van der Waals surface area contributed by atoms with Gasteiger partial charge in [-0.15, -0.1) is 11.3 Å². The number of carboxylic acid groups (broad SMARTS) is 1. The van der Waals surface area contributed by atoms with Crippen molar-refractivity contribution in [2.45, 2.75) is 19.4 Å². The Hall–Kier alpha value is -1.67. The van der Waals surface area contributed by atoms with Gasteiger partial charge in [0.05, 0.1) is 17.7 Å². The van der Waals surface area contributed by atoms with Crippen molar-refractivity contribution < 1.29 is 9.90 Å². The molecule has 0 spiro atoms. The Balaban J connectivity index is 1.33. The van der Waals surface area contributed by atoms with Crippen LogP contribution >= 0.6 is 27.3 Å². The second-order valence-corrected chi connectivity index (χ2v) is 8.87. The van der Waals surface area contributed by atoms with Gasteiger partial charge in [-0.2, -0.15) is 0 Å². The molecule has 1 saturated carbocycles. The summed E-state index contributed by atoms with van der Waals surface area (Å²) in [5, 5.41) is 11.4. The molecule has 8 heteroatoms. The molecule has 138 valence electrons. The van der Waals surface area contributed by atoms with Crippen LogP contribution in [0, 0.1) is 17.8 Å². The van der Waals surface area contributed by atoms with Crippen LogP contribution in [0.3, 0.4) is 0 Å². The molecular formula is C18H21BrN4O2S. The molecule has 0 unspecified atom stereocenters. The molecule has 1 N–H and O–H groups in total. The van der Waals surface area contributed by atoms with Crippen molar-refractivity contribution in [3.05, 3.63) is 39.4 Å². The summed E-state index contributed by atoms with van der Waals surface area (Å²) >= 11 is 4.93. The lowest BCUT2D eigenvalue weighted by molar-refractivity contribution is 0.132. The van der Waals surface area contributed by atoms with Gasteiger partial charge in [0.2, 0.25) is 0 Å². The number of fused-ring (bicyclic) bond motifs is 1. The molecule has 0 aromatic carbocycles. The third-order valence-electron chi connectivity index (χ3n) is 5.47. The number of halogens is 1. The van der Waals surface area contributed by atoms with Gasteiger partial charge in [-0.05, 0) is 58.7 Å². The van der Waals surface area contributed by atoms with E-state index in [1.54, 1.807) is 5.51 Å². The van der Waals surface area contributed by atoms with Gasteiger partial charge in [0, 0.05) is 35.7 Å². The normalized spacial score (nSPS) is 24.7. The molecular weight excluding hydrogens is 416 g/mol. The molecule has 26 heavy (non-hydrogen) atoms. The zero-order chi connectivity index (χ0) is 18.1. The van der Waals surface area contributed by atoms with Crippen molar-refractivity contribution in [2.24, 2.45) is 17.8 Å². The fraction of sp³-hybridized carbons (Fsp3) is 0.500. The molecule has 1 aliphatic carbocycles. The lowest BCUT2D eigenvalue weighted by Gasteiger charge is -2.24. The van der Waals surface area contributed by atoms with Crippen molar-refractivity contribution in [2.75, 3.05) is 24.5 Å². The number of carbonyl (C=O) groups is 1. The third kappa shape index (κ3) is 3.86. The molecule has 4 rings (SSSR count). The maximum Gasteiger partial charge on any atom is 0.407 e. The number of hydrogen-bond acceptors (Lipinski definition) is 5. The zero-order valence-electron chi connectivity index (χ0n) is 14.3. The molecule has 0 radical (unpaired) electrons.